The number of aromatic amines is 1. The number of nitrogens with one attached hydrogen (secondary N) is 2. The van der Waals surface area contributed by atoms with Gasteiger partial charge in [-0.2, -0.15) is 0 Å². The first-order valence-electron chi connectivity index (χ1n) is 10.5. The highest BCUT2D eigenvalue weighted by Gasteiger charge is 2.30. The van der Waals surface area contributed by atoms with Crippen molar-refractivity contribution in [1.29, 1.82) is 0 Å². The maximum absolute atomic E-state index is 12.8. The molecule has 166 valence electrons. The van der Waals surface area contributed by atoms with E-state index in [0.717, 1.165) is 44.8 Å². The van der Waals surface area contributed by atoms with Crippen molar-refractivity contribution in [3.8, 4) is 0 Å². The van der Waals surface area contributed by atoms with Crippen LogP contribution in [0.25, 0.3) is 20.4 Å². The Labute approximate surface area is 191 Å². The van der Waals surface area contributed by atoms with Gasteiger partial charge < -0.3 is 20.3 Å². The number of nitrogens with zero attached hydrogens (tertiary/aromatic N) is 3. The number of H-pyrrole nitrogens is 1. The Bertz CT molecular complexity index is 1360. The van der Waals surface area contributed by atoms with Crippen LogP contribution in [0.4, 0.5) is 11.5 Å². The zero-order valence-electron chi connectivity index (χ0n) is 17.6. The lowest BCUT2D eigenvalue weighted by Crippen LogP contribution is -2.36. The van der Waals surface area contributed by atoms with Crippen molar-refractivity contribution >= 4 is 60.5 Å². The molecule has 1 amide bonds. The monoisotopic (exact) mass is 469 g/mol. The number of benzene rings is 1. The molecular weight excluding hydrogens is 446 g/mol. The lowest BCUT2D eigenvalue weighted by molar-refractivity contribution is -0.134. The van der Waals surface area contributed by atoms with Crippen LogP contribution in [0, 0.1) is 5.92 Å². The van der Waals surface area contributed by atoms with E-state index in [9.17, 15) is 9.59 Å². The molecule has 0 spiro atoms. The molecule has 0 radical (unpaired) electrons. The third-order valence-electron chi connectivity index (χ3n) is 5.91. The second-order valence-electron chi connectivity index (χ2n) is 8.03. The molecule has 1 atom stereocenters. The molecule has 8 nitrogen and oxygen atoms in total. The number of hydrogen-bond donors (Lipinski definition) is 3. The topological polar surface area (TPSA) is 111 Å². The second-order valence-corrected chi connectivity index (χ2v) is 10.1. The molecule has 0 bridgehead atoms. The Kier molecular flexibility index (Phi) is 5.66. The number of aromatic nitrogens is 3. The van der Waals surface area contributed by atoms with Gasteiger partial charge >= 0.3 is 4.87 Å². The number of hydrogen-bond acceptors (Lipinski definition) is 8. The maximum Gasteiger partial charge on any atom is 0.305 e. The standard InChI is InChI=1S/C22H23N5O3S2/c1-27(7-2-8-28)21(29)12-3-5-14-16(9-12)31-20-18(14)19(23-11-24-20)25-13-4-6-15-17(10-13)32-22(30)26-15/h4,6,10-12,28H,2-3,5,7-9H2,1H3,(H,26,30)(H,23,24,25). The number of fused-ring (bicyclic) bond motifs is 4. The molecule has 0 saturated carbocycles. The molecule has 3 aromatic heterocycles. The third kappa shape index (κ3) is 3.89. The van der Waals surface area contributed by atoms with Gasteiger partial charge in [0, 0.05) is 36.7 Å². The van der Waals surface area contributed by atoms with Crippen LogP contribution in [0.2, 0.25) is 0 Å². The van der Waals surface area contributed by atoms with Crippen LogP contribution in [0.15, 0.2) is 29.3 Å². The molecule has 0 saturated heterocycles. The van der Waals surface area contributed by atoms with E-state index in [2.05, 4.69) is 20.3 Å². The number of anilines is 2. The number of carbonyl (C=O) groups excluding carboxylic acids is 1. The van der Waals surface area contributed by atoms with E-state index in [1.807, 2.05) is 25.2 Å². The minimum absolute atomic E-state index is 0.0394. The van der Waals surface area contributed by atoms with Crippen LogP contribution in [0.3, 0.4) is 0 Å². The van der Waals surface area contributed by atoms with Crippen molar-refractivity contribution in [3.63, 3.8) is 0 Å². The summed E-state index contributed by atoms with van der Waals surface area (Å²) in [6.45, 7) is 0.664. The van der Waals surface area contributed by atoms with Crippen molar-refractivity contribution < 1.29 is 9.90 Å². The Morgan fingerprint density at radius 3 is 3.06 bits per heavy atom. The molecule has 0 fully saturated rings. The largest absolute Gasteiger partial charge is 0.396 e. The van der Waals surface area contributed by atoms with E-state index < -0.39 is 0 Å². The summed E-state index contributed by atoms with van der Waals surface area (Å²) in [4.78, 5) is 40.0. The van der Waals surface area contributed by atoms with E-state index in [4.69, 9.17) is 5.11 Å². The van der Waals surface area contributed by atoms with Crippen molar-refractivity contribution in [3.05, 3.63) is 44.6 Å². The molecule has 1 aromatic carbocycles. The molecule has 1 unspecified atom stereocenters. The SMILES string of the molecule is CN(CCCO)C(=O)C1CCc2c(sc3ncnc(Nc4ccc5[nH]c(=O)sc5c4)c23)C1. The third-order valence-corrected chi connectivity index (χ3v) is 7.91. The quantitative estimate of drug-likeness (QED) is 0.400. The van der Waals surface area contributed by atoms with Crippen LogP contribution < -0.4 is 10.2 Å². The first-order valence-corrected chi connectivity index (χ1v) is 12.2. The number of thiophene rings is 1. The van der Waals surface area contributed by atoms with Gasteiger partial charge in [0.05, 0.1) is 15.6 Å². The molecule has 1 aliphatic rings. The lowest BCUT2D eigenvalue weighted by atomic mass is 9.87. The number of amides is 1. The van der Waals surface area contributed by atoms with E-state index in [1.54, 1.807) is 22.6 Å². The highest BCUT2D eigenvalue weighted by atomic mass is 32.1. The molecule has 4 aromatic rings. The van der Waals surface area contributed by atoms with E-state index >= 15 is 0 Å². The van der Waals surface area contributed by atoms with Gasteiger partial charge in [0.1, 0.15) is 17.0 Å². The molecule has 5 rings (SSSR count). The smallest absolute Gasteiger partial charge is 0.305 e. The number of aliphatic hydroxyl groups is 1. The summed E-state index contributed by atoms with van der Waals surface area (Å²) in [5, 5.41) is 13.5. The first-order chi connectivity index (χ1) is 15.5. The maximum atomic E-state index is 12.8. The molecule has 1 aliphatic carbocycles. The van der Waals surface area contributed by atoms with Gasteiger partial charge in [0.25, 0.3) is 0 Å². The summed E-state index contributed by atoms with van der Waals surface area (Å²) in [5.41, 5.74) is 2.91. The number of thiazole rings is 1. The Morgan fingerprint density at radius 2 is 2.22 bits per heavy atom. The van der Waals surface area contributed by atoms with Crippen LogP contribution in [0.1, 0.15) is 23.3 Å². The Hall–Kier alpha value is -2.82. The lowest BCUT2D eigenvalue weighted by Gasteiger charge is -2.26. The van der Waals surface area contributed by atoms with Gasteiger partial charge in [0.2, 0.25) is 5.91 Å². The molecule has 0 aliphatic heterocycles. The van der Waals surface area contributed by atoms with Crippen molar-refractivity contribution in [2.24, 2.45) is 5.92 Å². The summed E-state index contributed by atoms with van der Waals surface area (Å²) in [5.74, 6) is 0.853. The Balaban J connectivity index is 1.43. The van der Waals surface area contributed by atoms with E-state index in [1.165, 1.54) is 21.8 Å². The molecule has 3 heterocycles. The summed E-state index contributed by atoms with van der Waals surface area (Å²) in [6.07, 6.45) is 4.46. The first kappa shape index (κ1) is 21.0. The van der Waals surface area contributed by atoms with Gasteiger partial charge in [-0.1, -0.05) is 11.3 Å². The van der Waals surface area contributed by atoms with Crippen LogP contribution in [0.5, 0.6) is 0 Å². The van der Waals surface area contributed by atoms with Gasteiger partial charge in [-0.05, 0) is 49.4 Å². The minimum atomic E-state index is -0.0698. The predicted octanol–water partition coefficient (Wildman–Crippen LogP) is 3.28. The summed E-state index contributed by atoms with van der Waals surface area (Å²) < 4.78 is 0.893. The van der Waals surface area contributed by atoms with Crippen LogP contribution >= 0.6 is 22.7 Å². The van der Waals surface area contributed by atoms with E-state index in [-0.39, 0.29) is 23.3 Å². The van der Waals surface area contributed by atoms with E-state index in [0.29, 0.717) is 19.4 Å². The van der Waals surface area contributed by atoms with Gasteiger partial charge in [-0.3, -0.25) is 9.59 Å². The highest BCUT2D eigenvalue weighted by Crippen LogP contribution is 2.40. The summed E-state index contributed by atoms with van der Waals surface area (Å²) >= 11 is 2.82. The average Bonchev–Trinajstić information content (AvgIpc) is 3.35. The van der Waals surface area contributed by atoms with Crippen molar-refractivity contribution in [2.45, 2.75) is 25.7 Å². The van der Waals surface area contributed by atoms with Gasteiger partial charge in [0.15, 0.2) is 0 Å². The van der Waals surface area contributed by atoms with Crippen molar-refractivity contribution in [1.82, 2.24) is 19.9 Å². The fourth-order valence-corrected chi connectivity index (χ4v) is 6.35. The van der Waals surface area contributed by atoms with Gasteiger partial charge in [-0.25, -0.2) is 9.97 Å². The molecule has 10 heteroatoms. The number of carbonyl (C=O) groups is 1. The predicted molar refractivity (Wildman–Crippen MR) is 128 cm³/mol. The molecular formula is C22H23N5O3S2. The normalized spacial score (nSPS) is 15.8. The summed E-state index contributed by atoms with van der Waals surface area (Å²) in [7, 11) is 1.81. The Morgan fingerprint density at radius 1 is 1.34 bits per heavy atom. The zero-order chi connectivity index (χ0) is 22.2. The fourth-order valence-electron chi connectivity index (χ4n) is 4.31. The zero-order valence-corrected chi connectivity index (χ0v) is 19.2. The molecule has 32 heavy (non-hydrogen) atoms. The second kappa shape index (κ2) is 8.61. The number of rotatable bonds is 6. The average molecular weight is 470 g/mol. The highest BCUT2D eigenvalue weighted by molar-refractivity contribution is 7.19. The van der Waals surface area contributed by atoms with Gasteiger partial charge in [-0.15, -0.1) is 11.3 Å². The molecule has 3 N–H and O–H groups in total. The number of aryl methyl sites for hydroxylation is 1. The number of aliphatic hydroxyl groups excluding tert-OH is 1. The van der Waals surface area contributed by atoms with Crippen molar-refractivity contribution in [2.75, 3.05) is 25.5 Å². The van der Waals surface area contributed by atoms with Crippen LogP contribution in [-0.2, 0) is 17.6 Å². The fraction of sp³-hybridized carbons (Fsp3) is 0.364. The summed E-state index contributed by atoms with van der Waals surface area (Å²) in [6, 6.07) is 5.76. The minimum Gasteiger partial charge on any atom is -0.396 e. The van der Waals surface area contributed by atoms with Crippen LogP contribution in [-0.4, -0.2) is 51.1 Å².